The van der Waals surface area contributed by atoms with Crippen molar-refractivity contribution in [2.75, 3.05) is 10.2 Å². The Morgan fingerprint density at radius 1 is 1.06 bits per heavy atom. The molecule has 2 amide bonds. The van der Waals surface area contributed by atoms with Crippen molar-refractivity contribution in [3.05, 3.63) is 82.7 Å². The summed E-state index contributed by atoms with van der Waals surface area (Å²) in [7, 11) is 0. The quantitative estimate of drug-likeness (QED) is 0.501. The number of primary amides is 1. The molecule has 1 aromatic carbocycles. The lowest BCUT2D eigenvalue weighted by Gasteiger charge is -2.26. The lowest BCUT2D eigenvalue weighted by molar-refractivity contribution is -0.121. The van der Waals surface area contributed by atoms with Gasteiger partial charge in [-0.25, -0.2) is 13.2 Å². The van der Waals surface area contributed by atoms with Crippen LogP contribution in [0.1, 0.15) is 46.6 Å². The first-order valence-corrected chi connectivity index (χ1v) is 11.2. The summed E-state index contributed by atoms with van der Waals surface area (Å²) in [6.07, 6.45) is 6.10. The number of nitrogens with two attached hydrogens (primary N) is 1. The second-order valence-corrected chi connectivity index (χ2v) is 8.82. The van der Waals surface area contributed by atoms with Crippen molar-refractivity contribution >= 4 is 23.2 Å². The van der Waals surface area contributed by atoms with Crippen LogP contribution in [0.15, 0.2) is 42.7 Å². The standard InChI is InChI=1S/C25H22F3N5O2/c26-20-5-6-21(27)23(28)18(20)11-32-22-9-15(31-12-19(22)24(29)34)8-14-2-4-17(10-30-14)33-16-3-1-13(7-16)25(33)35/h2,4-6,9-10,12-13,16H,1,3,7-8,11H2,(H2,29,34)(H,31,32)/t13-,16+/m1/s1. The Hall–Kier alpha value is -3.95. The number of amides is 2. The van der Waals surface area contributed by atoms with E-state index in [1.807, 2.05) is 17.0 Å². The average molecular weight is 481 g/mol. The Bertz CT molecular complexity index is 1320. The fourth-order valence-corrected chi connectivity index (χ4v) is 4.83. The average Bonchev–Trinajstić information content (AvgIpc) is 3.44. The highest BCUT2D eigenvalue weighted by atomic mass is 19.2. The number of rotatable bonds is 7. The van der Waals surface area contributed by atoms with E-state index in [0.717, 1.165) is 31.0 Å². The van der Waals surface area contributed by atoms with Crippen LogP contribution in [0, 0.1) is 23.4 Å². The summed E-state index contributed by atoms with van der Waals surface area (Å²) < 4.78 is 41.5. The van der Waals surface area contributed by atoms with Gasteiger partial charge in [0.25, 0.3) is 5.91 Å². The van der Waals surface area contributed by atoms with Crippen molar-refractivity contribution < 1.29 is 22.8 Å². The molecule has 2 aliphatic rings. The van der Waals surface area contributed by atoms with Gasteiger partial charge in [0.1, 0.15) is 5.82 Å². The summed E-state index contributed by atoms with van der Waals surface area (Å²) in [4.78, 5) is 34.8. The van der Waals surface area contributed by atoms with E-state index in [9.17, 15) is 22.8 Å². The molecule has 1 aliphatic carbocycles. The summed E-state index contributed by atoms with van der Waals surface area (Å²) in [5.41, 5.74) is 7.12. The molecule has 5 rings (SSSR count). The van der Waals surface area contributed by atoms with Gasteiger partial charge >= 0.3 is 0 Å². The maximum atomic E-state index is 14.0. The van der Waals surface area contributed by atoms with Crippen LogP contribution >= 0.6 is 0 Å². The first-order chi connectivity index (χ1) is 16.8. The second kappa shape index (κ2) is 9.01. The van der Waals surface area contributed by atoms with Gasteiger partial charge < -0.3 is 16.0 Å². The number of nitrogens with one attached hydrogen (secondary N) is 1. The van der Waals surface area contributed by atoms with Crippen LogP contribution in [0.4, 0.5) is 24.5 Å². The van der Waals surface area contributed by atoms with Gasteiger partial charge in [0.05, 0.1) is 23.1 Å². The molecule has 35 heavy (non-hydrogen) atoms. The number of nitrogens with zero attached hydrogens (tertiary/aromatic N) is 3. The number of carbonyl (C=O) groups is 2. The number of fused-ring (bicyclic) bond motifs is 2. The third-order valence-corrected chi connectivity index (χ3v) is 6.63. The molecule has 2 fully saturated rings. The molecule has 1 saturated carbocycles. The van der Waals surface area contributed by atoms with Gasteiger partial charge in [-0.2, -0.15) is 0 Å². The van der Waals surface area contributed by atoms with Gasteiger partial charge in [0.15, 0.2) is 11.6 Å². The Morgan fingerprint density at radius 2 is 1.83 bits per heavy atom. The fraction of sp³-hybridized carbons (Fsp3) is 0.280. The first kappa shape index (κ1) is 22.8. The Balaban J connectivity index is 1.34. The van der Waals surface area contributed by atoms with Gasteiger partial charge in [-0.1, -0.05) is 0 Å². The van der Waals surface area contributed by atoms with E-state index in [2.05, 4.69) is 15.3 Å². The summed E-state index contributed by atoms with van der Waals surface area (Å²) in [5.74, 6) is -3.90. The monoisotopic (exact) mass is 481 g/mol. The van der Waals surface area contributed by atoms with Crippen LogP contribution < -0.4 is 16.0 Å². The smallest absolute Gasteiger partial charge is 0.252 e. The molecule has 2 atom stereocenters. The van der Waals surface area contributed by atoms with Crippen molar-refractivity contribution in [3.8, 4) is 0 Å². The molecule has 7 nitrogen and oxygen atoms in total. The van der Waals surface area contributed by atoms with E-state index in [-0.39, 0.29) is 29.1 Å². The molecular weight excluding hydrogens is 459 g/mol. The highest BCUT2D eigenvalue weighted by molar-refractivity contribution is 5.99. The summed E-state index contributed by atoms with van der Waals surface area (Å²) in [6, 6.07) is 6.98. The number of piperidine rings is 1. The first-order valence-electron chi connectivity index (χ1n) is 11.2. The van der Waals surface area contributed by atoms with E-state index in [1.54, 1.807) is 6.20 Å². The zero-order valence-corrected chi connectivity index (χ0v) is 18.6. The highest BCUT2D eigenvalue weighted by Crippen LogP contribution is 2.41. The van der Waals surface area contributed by atoms with Crippen LogP contribution in [0.2, 0.25) is 0 Å². The topological polar surface area (TPSA) is 101 Å². The third-order valence-electron chi connectivity index (χ3n) is 6.63. The number of hydrogen-bond acceptors (Lipinski definition) is 5. The van der Waals surface area contributed by atoms with E-state index in [1.165, 1.54) is 12.3 Å². The number of anilines is 2. The molecule has 0 radical (unpaired) electrons. The number of carbonyl (C=O) groups excluding carboxylic acids is 2. The SMILES string of the molecule is NC(=O)c1cnc(Cc2ccc(N3C(=O)[C@@H]4CC[C@H]3C4)cn2)cc1NCc1c(F)ccc(F)c1F. The normalized spacial score (nSPS) is 18.8. The molecule has 2 aromatic heterocycles. The molecule has 3 aromatic rings. The zero-order chi connectivity index (χ0) is 24.7. The molecule has 3 heterocycles. The lowest BCUT2D eigenvalue weighted by atomic mass is 10.1. The second-order valence-electron chi connectivity index (χ2n) is 8.82. The van der Waals surface area contributed by atoms with Crippen LogP contribution in [-0.2, 0) is 17.8 Å². The highest BCUT2D eigenvalue weighted by Gasteiger charge is 2.45. The van der Waals surface area contributed by atoms with Crippen LogP contribution in [-0.4, -0.2) is 27.8 Å². The van der Waals surface area contributed by atoms with Crippen molar-refractivity contribution in [1.82, 2.24) is 9.97 Å². The Labute approximate surface area is 199 Å². The molecule has 180 valence electrons. The van der Waals surface area contributed by atoms with Crippen molar-refractivity contribution in [3.63, 3.8) is 0 Å². The summed E-state index contributed by atoms with van der Waals surface area (Å²) in [5, 5.41) is 2.76. The molecule has 10 heteroatoms. The molecule has 0 unspecified atom stereocenters. The van der Waals surface area contributed by atoms with E-state index < -0.39 is 35.5 Å². The van der Waals surface area contributed by atoms with Crippen molar-refractivity contribution in [1.29, 1.82) is 0 Å². The molecule has 1 aliphatic heterocycles. The van der Waals surface area contributed by atoms with Gasteiger partial charge in [0, 0.05) is 48.1 Å². The molecule has 2 bridgehead atoms. The van der Waals surface area contributed by atoms with Crippen LogP contribution in [0.5, 0.6) is 0 Å². The Morgan fingerprint density at radius 3 is 2.51 bits per heavy atom. The molecular formula is C25H22F3N5O2. The number of halogens is 3. The number of benzene rings is 1. The summed E-state index contributed by atoms with van der Waals surface area (Å²) in [6.45, 7) is -0.405. The molecule has 1 saturated heterocycles. The van der Waals surface area contributed by atoms with Gasteiger partial charge in [-0.15, -0.1) is 0 Å². The van der Waals surface area contributed by atoms with E-state index in [0.29, 0.717) is 23.9 Å². The maximum absolute atomic E-state index is 14.0. The maximum Gasteiger partial charge on any atom is 0.252 e. The number of pyridine rings is 2. The number of aromatic nitrogens is 2. The minimum Gasteiger partial charge on any atom is -0.380 e. The van der Waals surface area contributed by atoms with Crippen LogP contribution in [0.25, 0.3) is 0 Å². The van der Waals surface area contributed by atoms with E-state index in [4.69, 9.17) is 5.73 Å². The largest absolute Gasteiger partial charge is 0.380 e. The zero-order valence-electron chi connectivity index (χ0n) is 18.6. The Kier molecular flexibility index (Phi) is 5.88. The summed E-state index contributed by atoms with van der Waals surface area (Å²) >= 11 is 0. The molecule has 3 N–H and O–H groups in total. The van der Waals surface area contributed by atoms with Gasteiger partial charge in [0.2, 0.25) is 5.91 Å². The van der Waals surface area contributed by atoms with Crippen molar-refractivity contribution in [2.45, 2.75) is 38.3 Å². The predicted molar refractivity (Wildman–Crippen MR) is 122 cm³/mol. The van der Waals surface area contributed by atoms with Gasteiger partial charge in [-0.05, 0) is 49.6 Å². The fourth-order valence-electron chi connectivity index (χ4n) is 4.83. The van der Waals surface area contributed by atoms with Gasteiger partial charge in [-0.3, -0.25) is 19.6 Å². The minimum atomic E-state index is -1.30. The van der Waals surface area contributed by atoms with Crippen molar-refractivity contribution in [2.24, 2.45) is 11.7 Å². The lowest BCUT2D eigenvalue weighted by Crippen LogP contribution is -2.37. The molecule has 0 spiro atoms. The third kappa shape index (κ3) is 4.31. The number of hydrogen-bond donors (Lipinski definition) is 2. The van der Waals surface area contributed by atoms with E-state index >= 15 is 0 Å². The predicted octanol–water partition coefficient (Wildman–Crippen LogP) is 3.71. The minimum absolute atomic E-state index is 0.0249. The van der Waals surface area contributed by atoms with Crippen LogP contribution in [0.3, 0.4) is 0 Å².